The van der Waals surface area contributed by atoms with Crippen LogP contribution >= 0.6 is 24.8 Å². The molecule has 2 aliphatic rings. The SMILES string of the molecule is Cl.Cl.O=C1c2ccccc2C(=O)N1CCCCN1CCNCC1. The van der Waals surface area contributed by atoms with Gasteiger partial charge in [0.05, 0.1) is 11.1 Å². The Kier molecular flexibility index (Phi) is 7.99. The number of hydrogen-bond acceptors (Lipinski definition) is 4. The van der Waals surface area contributed by atoms with E-state index in [4.69, 9.17) is 0 Å². The van der Waals surface area contributed by atoms with E-state index in [1.165, 1.54) is 4.90 Å². The largest absolute Gasteiger partial charge is 0.314 e. The zero-order valence-corrected chi connectivity index (χ0v) is 14.6. The summed E-state index contributed by atoms with van der Waals surface area (Å²) in [5.74, 6) is -0.282. The fourth-order valence-corrected chi connectivity index (χ4v) is 2.98. The van der Waals surface area contributed by atoms with E-state index in [0.29, 0.717) is 17.7 Å². The molecule has 0 bridgehead atoms. The molecule has 1 aromatic rings. The highest BCUT2D eigenvalue weighted by atomic mass is 35.5. The molecule has 1 aromatic carbocycles. The van der Waals surface area contributed by atoms with E-state index in [0.717, 1.165) is 45.6 Å². The van der Waals surface area contributed by atoms with Crippen molar-refractivity contribution in [2.24, 2.45) is 0 Å². The number of nitrogens with zero attached hydrogens (tertiary/aromatic N) is 2. The van der Waals surface area contributed by atoms with E-state index in [2.05, 4.69) is 10.2 Å². The number of carbonyl (C=O) groups excluding carboxylic acids is 2. The van der Waals surface area contributed by atoms with E-state index < -0.39 is 0 Å². The number of amides is 2. The highest BCUT2D eigenvalue weighted by Crippen LogP contribution is 2.22. The molecule has 0 aromatic heterocycles. The maximum absolute atomic E-state index is 12.2. The molecule has 23 heavy (non-hydrogen) atoms. The van der Waals surface area contributed by atoms with Crippen LogP contribution in [0.3, 0.4) is 0 Å². The third-order valence-corrected chi connectivity index (χ3v) is 4.19. The first-order valence-corrected chi connectivity index (χ1v) is 7.65. The van der Waals surface area contributed by atoms with Gasteiger partial charge in [-0.15, -0.1) is 24.8 Å². The van der Waals surface area contributed by atoms with Crippen molar-refractivity contribution in [3.63, 3.8) is 0 Å². The molecule has 1 saturated heterocycles. The molecule has 1 N–H and O–H groups in total. The summed E-state index contributed by atoms with van der Waals surface area (Å²) in [4.78, 5) is 28.2. The fraction of sp³-hybridized carbons (Fsp3) is 0.500. The van der Waals surface area contributed by atoms with Crippen LogP contribution in [0.4, 0.5) is 0 Å². The van der Waals surface area contributed by atoms with E-state index in [9.17, 15) is 9.59 Å². The first kappa shape index (κ1) is 19.9. The molecule has 0 spiro atoms. The number of rotatable bonds is 5. The molecule has 2 amide bonds. The van der Waals surface area contributed by atoms with Crippen LogP contribution in [0.2, 0.25) is 0 Å². The number of halogens is 2. The molecular weight excluding hydrogens is 337 g/mol. The van der Waals surface area contributed by atoms with Gasteiger partial charge in [-0.25, -0.2) is 0 Å². The second-order valence-corrected chi connectivity index (χ2v) is 5.61. The second kappa shape index (κ2) is 9.23. The van der Waals surface area contributed by atoms with Gasteiger partial charge in [0.2, 0.25) is 0 Å². The Morgan fingerprint density at radius 3 is 1.96 bits per heavy atom. The summed E-state index contributed by atoms with van der Waals surface area (Å²) in [6, 6.07) is 7.07. The third kappa shape index (κ3) is 4.44. The van der Waals surface area contributed by atoms with E-state index in [1.54, 1.807) is 24.3 Å². The Morgan fingerprint density at radius 2 is 1.39 bits per heavy atom. The first-order valence-electron chi connectivity index (χ1n) is 7.65. The molecule has 128 valence electrons. The number of fused-ring (bicyclic) bond motifs is 1. The van der Waals surface area contributed by atoms with Gasteiger partial charge in [0.25, 0.3) is 11.8 Å². The average molecular weight is 360 g/mol. The molecule has 0 atom stereocenters. The van der Waals surface area contributed by atoms with Crippen molar-refractivity contribution in [3.05, 3.63) is 35.4 Å². The van der Waals surface area contributed by atoms with Crippen LogP contribution in [-0.4, -0.2) is 60.9 Å². The summed E-state index contributed by atoms with van der Waals surface area (Å²) in [5.41, 5.74) is 1.09. The monoisotopic (exact) mass is 359 g/mol. The van der Waals surface area contributed by atoms with E-state index >= 15 is 0 Å². The molecule has 2 aliphatic heterocycles. The van der Waals surface area contributed by atoms with Crippen LogP contribution in [-0.2, 0) is 0 Å². The van der Waals surface area contributed by atoms with Gasteiger partial charge >= 0.3 is 0 Å². The normalized spacial score (nSPS) is 17.5. The molecule has 0 unspecified atom stereocenters. The molecule has 1 fully saturated rings. The molecule has 7 heteroatoms. The predicted molar refractivity (Wildman–Crippen MR) is 94.8 cm³/mol. The number of unbranched alkanes of at least 4 members (excludes halogenated alkanes) is 1. The number of carbonyl (C=O) groups is 2. The molecule has 0 aliphatic carbocycles. The Morgan fingerprint density at radius 1 is 0.870 bits per heavy atom. The van der Waals surface area contributed by atoms with Crippen molar-refractivity contribution in [1.29, 1.82) is 0 Å². The maximum atomic E-state index is 12.2. The first-order chi connectivity index (χ1) is 10.3. The summed E-state index contributed by atoms with van der Waals surface area (Å²) < 4.78 is 0. The van der Waals surface area contributed by atoms with E-state index in [-0.39, 0.29) is 36.6 Å². The van der Waals surface area contributed by atoms with Crippen LogP contribution in [0.15, 0.2) is 24.3 Å². The highest BCUT2D eigenvalue weighted by Gasteiger charge is 2.34. The molecule has 5 nitrogen and oxygen atoms in total. The van der Waals surface area contributed by atoms with Gasteiger partial charge in [0.15, 0.2) is 0 Å². The lowest BCUT2D eigenvalue weighted by Crippen LogP contribution is -2.43. The second-order valence-electron chi connectivity index (χ2n) is 5.61. The van der Waals surface area contributed by atoms with Gasteiger partial charge in [-0.2, -0.15) is 0 Å². The predicted octanol–water partition coefficient (Wildman–Crippen LogP) is 1.81. The lowest BCUT2D eigenvalue weighted by Gasteiger charge is -2.27. The molecule has 2 heterocycles. The third-order valence-electron chi connectivity index (χ3n) is 4.19. The zero-order valence-electron chi connectivity index (χ0n) is 13.0. The zero-order chi connectivity index (χ0) is 14.7. The number of piperazine rings is 1. The van der Waals surface area contributed by atoms with Crippen molar-refractivity contribution >= 4 is 36.6 Å². The minimum atomic E-state index is -0.141. The summed E-state index contributed by atoms with van der Waals surface area (Å²) in [6.45, 7) is 5.86. The van der Waals surface area contributed by atoms with Crippen LogP contribution in [0.25, 0.3) is 0 Å². The summed E-state index contributed by atoms with van der Waals surface area (Å²) in [7, 11) is 0. The van der Waals surface area contributed by atoms with Crippen LogP contribution in [0, 0.1) is 0 Å². The number of nitrogens with one attached hydrogen (secondary N) is 1. The van der Waals surface area contributed by atoms with Gasteiger partial charge in [0, 0.05) is 32.7 Å². The minimum absolute atomic E-state index is 0. The van der Waals surface area contributed by atoms with Crippen LogP contribution < -0.4 is 5.32 Å². The number of hydrogen-bond donors (Lipinski definition) is 1. The summed E-state index contributed by atoms with van der Waals surface area (Å²) in [6.07, 6.45) is 1.89. The van der Waals surface area contributed by atoms with Crippen molar-refractivity contribution in [3.8, 4) is 0 Å². The van der Waals surface area contributed by atoms with Crippen molar-refractivity contribution in [1.82, 2.24) is 15.1 Å². The Hall–Kier alpha value is -1.14. The van der Waals surface area contributed by atoms with Gasteiger partial charge in [-0.05, 0) is 31.5 Å². The van der Waals surface area contributed by atoms with Crippen LogP contribution in [0.5, 0.6) is 0 Å². The highest BCUT2D eigenvalue weighted by molar-refractivity contribution is 6.21. The van der Waals surface area contributed by atoms with E-state index in [1.807, 2.05) is 0 Å². The van der Waals surface area contributed by atoms with Crippen molar-refractivity contribution in [2.45, 2.75) is 12.8 Å². The van der Waals surface area contributed by atoms with Crippen LogP contribution in [0.1, 0.15) is 33.6 Å². The maximum Gasteiger partial charge on any atom is 0.261 e. The lowest BCUT2D eigenvalue weighted by molar-refractivity contribution is 0.0650. The smallest absolute Gasteiger partial charge is 0.261 e. The van der Waals surface area contributed by atoms with Crippen molar-refractivity contribution < 1.29 is 9.59 Å². The molecule has 0 saturated carbocycles. The fourth-order valence-electron chi connectivity index (χ4n) is 2.98. The van der Waals surface area contributed by atoms with Gasteiger partial charge in [0.1, 0.15) is 0 Å². The minimum Gasteiger partial charge on any atom is -0.314 e. The quantitative estimate of drug-likeness (QED) is 0.643. The summed E-state index contributed by atoms with van der Waals surface area (Å²) in [5, 5.41) is 3.33. The number of benzene rings is 1. The molecule has 0 radical (unpaired) electrons. The Balaban J connectivity index is 0.00000132. The molecule has 3 rings (SSSR count). The Labute approximate surface area is 149 Å². The number of imide groups is 1. The van der Waals surface area contributed by atoms with Gasteiger partial charge in [-0.1, -0.05) is 12.1 Å². The van der Waals surface area contributed by atoms with Crippen molar-refractivity contribution in [2.75, 3.05) is 39.3 Å². The van der Waals surface area contributed by atoms with Gasteiger partial charge < -0.3 is 10.2 Å². The average Bonchev–Trinajstić information content (AvgIpc) is 2.77. The Bertz CT molecular complexity index is 513. The standard InChI is InChI=1S/C16H21N3O2.2ClH/c20-15-13-5-1-2-6-14(13)16(21)19(15)10-4-3-9-18-11-7-17-8-12-18;;/h1-2,5-6,17H,3-4,7-12H2;2*1H. The molecular formula is C16H23Cl2N3O2. The lowest BCUT2D eigenvalue weighted by atomic mass is 10.1. The van der Waals surface area contributed by atoms with Gasteiger partial charge in [-0.3, -0.25) is 14.5 Å². The summed E-state index contributed by atoms with van der Waals surface area (Å²) >= 11 is 0. The topological polar surface area (TPSA) is 52.7 Å².